The number of methoxy groups -OCH3 is 1. The van der Waals surface area contributed by atoms with E-state index in [2.05, 4.69) is 24.0 Å². The van der Waals surface area contributed by atoms with E-state index in [1.54, 1.807) is 7.11 Å². The van der Waals surface area contributed by atoms with Crippen molar-refractivity contribution in [1.29, 1.82) is 0 Å². The van der Waals surface area contributed by atoms with Gasteiger partial charge in [-0.1, -0.05) is 12.1 Å². The summed E-state index contributed by atoms with van der Waals surface area (Å²) in [6.45, 7) is 6.19. The smallest absolute Gasteiger partial charge is 0.118 e. The Labute approximate surface area is 109 Å². The van der Waals surface area contributed by atoms with Crippen molar-refractivity contribution in [3.63, 3.8) is 0 Å². The number of aliphatic hydroxyl groups is 1. The number of aliphatic hydroxyl groups excluding tert-OH is 1. The van der Waals surface area contributed by atoms with Crippen molar-refractivity contribution < 1.29 is 9.84 Å². The van der Waals surface area contributed by atoms with Crippen LogP contribution in [0.4, 0.5) is 0 Å². The highest BCUT2D eigenvalue weighted by Crippen LogP contribution is 2.29. The van der Waals surface area contributed by atoms with Gasteiger partial charge in [0.25, 0.3) is 0 Å². The van der Waals surface area contributed by atoms with Crippen LogP contribution in [-0.2, 0) is 0 Å². The summed E-state index contributed by atoms with van der Waals surface area (Å²) in [7, 11) is 1.69. The monoisotopic (exact) mass is 249 g/mol. The van der Waals surface area contributed by atoms with Crippen LogP contribution in [0.1, 0.15) is 31.9 Å². The van der Waals surface area contributed by atoms with Crippen LogP contribution in [0, 0.1) is 5.92 Å². The third kappa shape index (κ3) is 2.85. The molecule has 0 spiro atoms. The van der Waals surface area contributed by atoms with Gasteiger partial charge in [0.2, 0.25) is 0 Å². The second-order valence-electron chi connectivity index (χ2n) is 5.23. The molecule has 2 rings (SSSR count). The Morgan fingerprint density at radius 2 is 1.94 bits per heavy atom. The lowest BCUT2D eigenvalue weighted by Crippen LogP contribution is -2.26. The fraction of sp³-hybridized carbons (Fsp3) is 0.600. The van der Waals surface area contributed by atoms with E-state index < -0.39 is 0 Å². The quantitative estimate of drug-likeness (QED) is 0.889. The minimum Gasteiger partial charge on any atom is -0.497 e. The molecule has 0 amide bonds. The molecule has 1 aliphatic heterocycles. The van der Waals surface area contributed by atoms with Gasteiger partial charge in [-0.05, 0) is 50.4 Å². The second kappa shape index (κ2) is 5.72. The topological polar surface area (TPSA) is 32.7 Å². The third-order valence-corrected chi connectivity index (χ3v) is 4.08. The normalized spacial score (nSPS) is 23.9. The van der Waals surface area contributed by atoms with Gasteiger partial charge in [0.05, 0.1) is 13.2 Å². The molecule has 0 aromatic heterocycles. The Kier molecular flexibility index (Phi) is 4.25. The van der Waals surface area contributed by atoms with Gasteiger partial charge in [0.1, 0.15) is 5.75 Å². The largest absolute Gasteiger partial charge is 0.497 e. The lowest BCUT2D eigenvalue weighted by atomic mass is 10.0. The minimum atomic E-state index is -0.196. The minimum absolute atomic E-state index is 0.196. The number of benzene rings is 1. The summed E-state index contributed by atoms with van der Waals surface area (Å²) < 4.78 is 5.18. The van der Waals surface area contributed by atoms with E-state index in [9.17, 15) is 5.11 Å². The maximum absolute atomic E-state index is 9.65. The molecule has 100 valence electrons. The number of likely N-dealkylation sites (tertiary alicyclic amines) is 1. The molecule has 3 nitrogen and oxygen atoms in total. The number of hydrogen-bond acceptors (Lipinski definition) is 3. The molecule has 0 aliphatic carbocycles. The molecule has 18 heavy (non-hydrogen) atoms. The highest BCUT2D eigenvalue weighted by atomic mass is 16.5. The lowest BCUT2D eigenvalue weighted by molar-refractivity contribution is 0.123. The predicted molar refractivity (Wildman–Crippen MR) is 72.8 cm³/mol. The fourth-order valence-corrected chi connectivity index (χ4v) is 2.65. The van der Waals surface area contributed by atoms with E-state index in [0.717, 1.165) is 25.3 Å². The van der Waals surface area contributed by atoms with Crippen molar-refractivity contribution in [2.45, 2.75) is 32.4 Å². The Bertz CT molecular complexity index is 375. The Hall–Kier alpha value is -1.06. The zero-order valence-corrected chi connectivity index (χ0v) is 11.5. The first-order valence-corrected chi connectivity index (χ1v) is 6.68. The molecule has 0 radical (unpaired) electrons. The second-order valence-corrected chi connectivity index (χ2v) is 5.23. The molecule has 0 saturated carbocycles. The summed E-state index contributed by atoms with van der Waals surface area (Å²) in [5.41, 5.74) is 1.31. The van der Waals surface area contributed by atoms with E-state index in [-0.39, 0.29) is 6.10 Å². The van der Waals surface area contributed by atoms with Crippen LogP contribution < -0.4 is 4.74 Å². The van der Waals surface area contributed by atoms with Crippen LogP contribution >= 0.6 is 0 Å². The number of hydrogen-bond donors (Lipinski definition) is 1. The Morgan fingerprint density at radius 1 is 1.28 bits per heavy atom. The van der Waals surface area contributed by atoms with Crippen LogP contribution in [0.2, 0.25) is 0 Å². The number of nitrogens with zero attached hydrogens (tertiary/aromatic N) is 1. The van der Waals surface area contributed by atoms with Gasteiger partial charge in [0, 0.05) is 12.6 Å². The molecule has 1 saturated heterocycles. The van der Waals surface area contributed by atoms with E-state index >= 15 is 0 Å². The molecule has 1 aromatic rings. The van der Waals surface area contributed by atoms with Crippen LogP contribution in [0.25, 0.3) is 0 Å². The van der Waals surface area contributed by atoms with Crippen molar-refractivity contribution >= 4 is 0 Å². The summed E-state index contributed by atoms with van der Waals surface area (Å²) in [4.78, 5) is 2.44. The lowest BCUT2D eigenvalue weighted by Gasteiger charge is -2.25. The molecule has 0 bridgehead atoms. The first kappa shape index (κ1) is 13.4. The maximum atomic E-state index is 9.65. The average molecular weight is 249 g/mol. The van der Waals surface area contributed by atoms with Gasteiger partial charge in [-0.2, -0.15) is 0 Å². The maximum Gasteiger partial charge on any atom is 0.118 e. The molecule has 1 aromatic carbocycles. The van der Waals surface area contributed by atoms with Gasteiger partial charge < -0.3 is 9.84 Å². The molecule has 1 aliphatic rings. The summed E-state index contributed by atoms with van der Waals surface area (Å²) in [5, 5.41) is 9.65. The molecule has 1 heterocycles. The standard InChI is InChI=1S/C15H23NO2/c1-11(13-4-6-15(18-3)7-5-13)16-9-8-14(10-16)12(2)17/h4-7,11-12,14,17H,8-10H2,1-3H3/t11-,12+,14-/m1/s1. The predicted octanol–water partition coefficient (Wildman–Crippen LogP) is 2.46. The first-order chi connectivity index (χ1) is 8.61. The number of ether oxygens (including phenoxy) is 1. The number of rotatable bonds is 4. The first-order valence-electron chi connectivity index (χ1n) is 6.68. The molecular weight excluding hydrogens is 226 g/mol. The van der Waals surface area contributed by atoms with Gasteiger partial charge in [0.15, 0.2) is 0 Å². The molecule has 1 fully saturated rings. The Balaban J connectivity index is 2.00. The summed E-state index contributed by atoms with van der Waals surface area (Å²) in [6.07, 6.45) is 0.899. The molecule has 3 heteroatoms. The van der Waals surface area contributed by atoms with Crippen LogP contribution in [0.3, 0.4) is 0 Å². The SMILES string of the molecule is COc1ccc([C@@H](C)N2CC[C@@H]([C@H](C)O)C2)cc1. The van der Waals surface area contributed by atoms with Gasteiger partial charge in [-0.15, -0.1) is 0 Å². The summed E-state index contributed by atoms with van der Waals surface area (Å²) in [6, 6.07) is 8.67. The van der Waals surface area contributed by atoms with Crippen molar-refractivity contribution in [2.24, 2.45) is 5.92 Å². The summed E-state index contributed by atoms with van der Waals surface area (Å²) in [5.74, 6) is 1.32. The molecule has 0 unspecified atom stereocenters. The highest BCUT2D eigenvalue weighted by Gasteiger charge is 2.29. The zero-order valence-electron chi connectivity index (χ0n) is 11.5. The van der Waals surface area contributed by atoms with Gasteiger partial charge in [-0.25, -0.2) is 0 Å². The van der Waals surface area contributed by atoms with Crippen LogP contribution in [-0.4, -0.2) is 36.3 Å². The zero-order chi connectivity index (χ0) is 13.1. The van der Waals surface area contributed by atoms with Crippen molar-refractivity contribution in [3.05, 3.63) is 29.8 Å². The summed E-state index contributed by atoms with van der Waals surface area (Å²) >= 11 is 0. The van der Waals surface area contributed by atoms with Crippen LogP contribution in [0.5, 0.6) is 5.75 Å². The van der Waals surface area contributed by atoms with Crippen molar-refractivity contribution in [2.75, 3.05) is 20.2 Å². The molecule has 3 atom stereocenters. The van der Waals surface area contributed by atoms with Crippen molar-refractivity contribution in [1.82, 2.24) is 4.90 Å². The molecule has 1 N–H and O–H groups in total. The molecular formula is C15H23NO2. The third-order valence-electron chi connectivity index (χ3n) is 4.08. The van der Waals surface area contributed by atoms with Gasteiger partial charge in [-0.3, -0.25) is 4.90 Å². The van der Waals surface area contributed by atoms with E-state index in [1.807, 2.05) is 19.1 Å². The Morgan fingerprint density at radius 3 is 2.44 bits per heavy atom. The van der Waals surface area contributed by atoms with Crippen molar-refractivity contribution in [3.8, 4) is 5.75 Å². The van der Waals surface area contributed by atoms with Gasteiger partial charge >= 0.3 is 0 Å². The van der Waals surface area contributed by atoms with E-state index in [1.165, 1.54) is 5.56 Å². The van der Waals surface area contributed by atoms with E-state index in [0.29, 0.717) is 12.0 Å². The fourth-order valence-electron chi connectivity index (χ4n) is 2.65. The highest BCUT2D eigenvalue weighted by molar-refractivity contribution is 5.29. The average Bonchev–Trinajstić information content (AvgIpc) is 2.88. The van der Waals surface area contributed by atoms with E-state index in [4.69, 9.17) is 4.74 Å². The van der Waals surface area contributed by atoms with Crippen LogP contribution in [0.15, 0.2) is 24.3 Å².